The molecule has 1 heterocycles. The van der Waals surface area contributed by atoms with Crippen molar-refractivity contribution in [2.75, 3.05) is 13.2 Å². The van der Waals surface area contributed by atoms with Crippen LogP contribution in [0.2, 0.25) is 0 Å². The number of hydrogen-bond donors (Lipinski definition) is 2. The first-order valence-corrected chi connectivity index (χ1v) is 6.64. The Hall–Kier alpha value is -0.560. The molecule has 7 heteroatoms. The van der Waals surface area contributed by atoms with Crippen molar-refractivity contribution in [3.8, 4) is 0 Å². The molecule has 0 bridgehead atoms. The van der Waals surface area contributed by atoms with Crippen LogP contribution in [0, 0.1) is 0 Å². The number of amidine groups is 1. The first-order chi connectivity index (χ1) is 7.63. The van der Waals surface area contributed by atoms with E-state index >= 15 is 0 Å². The Balaban J connectivity index is 2.16. The molecule has 0 spiro atoms. The Morgan fingerprint density at radius 1 is 1.75 bits per heavy atom. The fraction of sp³-hybridized carbons (Fsp3) is 0.778. The van der Waals surface area contributed by atoms with Crippen molar-refractivity contribution in [1.29, 1.82) is 0 Å². The second kappa shape index (κ2) is 6.90. The molecule has 0 aromatic carbocycles. The predicted octanol–water partition coefficient (Wildman–Crippen LogP) is 1.21. The molecule has 1 atom stereocenters. The molecule has 1 aliphatic heterocycles. The van der Waals surface area contributed by atoms with E-state index in [9.17, 15) is 4.79 Å². The lowest BCUT2D eigenvalue weighted by Crippen LogP contribution is -2.23. The summed E-state index contributed by atoms with van der Waals surface area (Å²) in [5, 5.41) is 6.21. The molecule has 0 saturated carbocycles. The zero-order chi connectivity index (χ0) is 12.0. The van der Waals surface area contributed by atoms with Crippen molar-refractivity contribution in [1.82, 2.24) is 5.01 Å². The standard InChI is InChI=1S/C9H17N3O2S2/c1-2-3-6-14-7(13)4-5-12-9(15)16-8(10)11-12/h9,15H,2-6H2,1H3,(H2,10,11). The minimum atomic E-state index is -0.195. The van der Waals surface area contributed by atoms with Gasteiger partial charge in [-0.3, -0.25) is 9.80 Å². The van der Waals surface area contributed by atoms with Crippen LogP contribution in [0.15, 0.2) is 5.10 Å². The molecule has 0 fully saturated rings. The summed E-state index contributed by atoms with van der Waals surface area (Å²) >= 11 is 5.64. The van der Waals surface area contributed by atoms with Gasteiger partial charge in [-0.25, -0.2) is 0 Å². The molecule has 0 aromatic rings. The third-order valence-electron chi connectivity index (χ3n) is 2.01. The van der Waals surface area contributed by atoms with Gasteiger partial charge < -0.3 is 10.5 Å². The molecule has 92 valence electrons. The summed E-state index contributed by atoms with van der Waals surface area (Å²) in [6.45, 7) is 3.05. The maximum Gasteiger partial charge on any atom is 0.307 e. The van der Waals surface area contributed by atoms with Crippen LogP contribution >= 0.6 is 24.4 Å². The normalized spacial score (nSPS) is 19.8. The van der Waals surface area contributed by atoms with E-state index in [1.54, 1.807) is 5.01 Å². The first-order valence-electron chi connectivity index (χ1n) is 5.24. The van der Waals surface area contributed by atoms with Gasteiger partial charge in [-0.05, 0) is 18.2 Å². The largest absolute Gasteiger partial charge is 0.466 e. The highest BCUT2D eigenvalue weighted by atomic mass is 32.2. The topological polar surface area (TPSA) is 67.9 Å². The average Bonchev–Trinajstić information content (AvgIpc) is 2.55. The number of thiol groups is 1. The Labute approximate surface area is 105 Å². The molecular formula is C9H17N3O2S2. The van der Waals surface area contributed by atoms with E-state index in [4.69, 9.17) is 10.5 Å². The molecule has 2 N–H and O–H groups in total. The van der Waals surface area contributed by atoms with E-state index < -0.39 is 0 Å². The summed E-state index contributed by atoms with van der Waals surface area (Å²) in [6, 6.07) is 0. The molecule has 0 saturated heterocycles. The first kappa shape index (κ1) is 13.5. The van der Waals surface area contributed by atoms with Crippen LogP contribution in [0.1, 0.15) is 26.2 Å². The number of hydrogen-bond acceptors (Lipinski definition) is 7. The lowest BCUT2D eigenvalue weighted by atomic mass is 10.3. The van der Waals surface area contributed by atoms with Crippen LogP contribution in [-0.4, -0.2) is 34.0 Å². The number of unbranched alkanes of at least 4 members (excludes halogenated alkanes) is 1. The monoisotopic (exact) mass is 263 g/mol. The van der Waals surface area contributed by atoms with Crippen molar-refractivity contribution < 1.29 is 9.53 Å². The van der Waals surface area contributed by atoms with Crippen LogP contribution in [-0.2, 0) is 9.53 Å². The van der Waals surface area contributed by atoms with Crippen LogP contribution < -0.4 is 5.73 Å². The van der Waals surface area contributed by atoms with E-state index in [2.05, 4.69) is 24.7 Å². The van der Waals surface area contributed by atoms with Gasteiger partial charge in [0.25, 0.3) is 0 Å². The minimum absolute atomic E-state index is 0.0940. The molecule has 0 aromatic heterocycles. The Bertz CT molecular complexity index is 273. The van der Waals surface area contributed by atoms with Crippen LogP contribution in [0.5, 0.6) is 0 Å². The number of carbonyl (C=O) groups is 1. The van der Waals surface area contributed by atoms with Gasteiger partial charge in [0.2, 0.25) is 0 Å². The smallest absolute Gasteiger partial charge is 0.307 e. The number of ether oxygens (including phenoxy) is 1. The zero-order valence-electron chi connectivity index (χ0n) is 9.26. The highest BCUT2D eigenvalue weighted by Gasteiger charge is 2.22. The van der Waals surface area contributed by atoms with Crippen molar-refractivity contribution in [2.24, 2.45) is 10.8 Å². The summed E-state index contributed by atoms with van der Waals surface area (Å²) in [4.78, 5) is 11.3. The molecule has 0 aliphatic carbocycles. The van der Waals surface area contributed by atoms with Crippen molar-refractivity contribution in [2.45, 2.75) is 30.9 Å². The number of nitrogens with two attached hydrogens (primary N) is 1. The third kappa shape index (κ3) is 4.52. The molecule has 1 aliphatic rings. The molecule has 0 radical (unpaired) electrons. The second-order valence-corrected chi connectivity index (χ2v) is 5.31. The van der Waals surface area contributed by atoms with Crippen LogP contribution in [0.25, 0.3) is 0 Å². The zero-order valence-corrected chi connectivity index (χ0v) is 11.0. The number of esters is 1. The van der Waals surface area contributed by atoms with E-state index in [1.807, 2.05) is 0 Å². The number of carbonyl (C=O) groups excluding carboxylic acids is 1. The van der Waals surface area contributed by atoms with E-state index in [0.29, 0.717) is 24.7 Å². The van der Waals surface area contributed by atoms with E-state index in [-0.39, 0.29) is 10.7 Å². The molecule has 16 heavy (non-hydrogen) atoms. The SMILES string of the molecule is CCCCOC(=O)CCN1N=C(N)SC1S. The Morgan fingerprint density at radius 3 is 3.06 bits per heavy atom. The highest BCUT2D eigenvalue weighted by molar-refractivity contribution is 8.21. The van der Waals surface area contributed by atoms with Crippen LogP contribution in [0.3, 0.4) is 0 Å². The van der Waals surface area contributed by atoms with Crippen molar-refractivity contribution >= 4 is 35.5 Å². The fourth-order valence-corrected chi connectivity index (χ4v) is 2.27. The lowest BCUT2D eigenvalue weighted by Gasteiger charge is -2.17. The lowest BCUT2D eigenvalue weighted by molar-refractivity contribution is -0.144. The van der Waals surface area contributed by atoms with Crippen molar-refractivity contribution in [3.63, 3.8) is 0 Å². The molecule has 5 nitrogen and oxygen atoms in total. The minimum Gasteiger partial charge on any atom is -0.466 e. The van der Waals surface area contributed by atoms with Gasteiger partial charge >= 0.3 is 5.97 Å². The highest BCUT2D eigenvalue weighted by Crippen LogP contribution is 2.26. The number of nitrogens with zero attached hydrogens (tertiary/aromatic N) is 2. The number of rotatable bonds is 6. The van der Waals surface area contributed by atoms with Gasteiger partial charge in [-0.1, -0.05) is 13.3 Å². The third-order valence-corrected chi connectivity index (χ3v) is 3.37. The summed E-state index contributed by atoms with van der Waals surface area (Å²) < 4.78 is 4.93. The molecule has 1 unspecified atom stereocenters. The van der Waals surface area contributed by atoms with Crippen molar-refractivity contribution in [3.05, 3.63) is 0 Å². The van der Waals surface area contributed by atoms with Gasteiger partial charge in [0.15, 0.2) is 5.17 Å². The second-order valence-electron chi connectivity index (χ2n) is 3.37. The summed E-state index contributed by atoms with van der Waals surface area (Å²) in [7, 11) is 0. The van der Waals surface area contributed by atoms with Gasteiger partial charge in [-0.2, -0.15) is 5.10 Å². The summed E-state index contributed by atoms with van der Waals surface area (Å²) in [5.74, 6) is -0.195. The predicted molar refractivity (Wildman–Crippen MR) is 69.2 cm³/mol. The molecule has 1 rings (SSSR count). The maximum absolute atomic E-state index is 11.3. The van der Waals surface area contributed by atoms with Crippen LogP contribution in [0.4, 0.5) is 0 Å². The maximum atomic E-state index is 11.3. The summed E-state index contributed by atoms with van der Waals surface area (Å²) in [6.07, 6.45) is 2.25. The number of hydrazone groups is 1. The van der Waals surface area contributed by atoms with Gasteiger partial charge in [-0.15, -0.1) is 12.6 Å². The molecule has 0 amide bonds. The van der Waals surface area contributed by atoms with E-state index in [0.717, 1.165) is 12.8 Å². The fourth-order valence-electron chi connectivity index (χ4n) is 1.14. The number of thioether (sulfide) groups is 1. The van der Waals surface area contributed by atoms with Gasteiger partial charge in [0.1, 0.15) is 4.71 Å². The molecular weight excluding hydrogens is 246 g/mol. The van der Waals surface area contributed by atoms with Gasteiger partial charge in [0, 0.05) is 6.54 Å². The Kier molecular flexibility index (Phi) is 5.83. The average molecular weight is 263 g/mol. The summed E-state index contributed by atoms with van der Waals surface area (Å²) in [5.41, 5.74) is 5.53. The van der Waals surface area contributed by atoms with Gasteiger partial charge in [0.05, 0.1) is 13.0 Å². The quantitative estimate of drug-likeness (QED) is 0.428. The van der Waals surface area contributed by atoms with E-state index in [1.165, 1.54) is 11.8 Å². The Morgan fingerprint density at radius 2 is 2.50 bits per heavy atom.